The lowest BCUT2D eigenvalue weighted by molar-refractivity contribution is 0.209. The molecule has 1 aliphatic rings. The summed E-state index contributed by atoms with van der Waals surface area (Å²) in [6.45, 7) is 22.5. The number of para-hydroxylation sites is 1. The number of benzene rings is 2. The van der Waals surface area contributed by atoms with E-state index in [-0.39, 0.29) is 5.56 Å². The molecule has 236 valence electrons. The van der Waals surface area contributed by atoms with Gasteiger partial charge in [-0.25, -0.2) is 4.98 Å². The van der Waals surface area contributed by atoms with E-state index in [4.69, 9.17) is 9.97 Å². The number of hydrogen-bond acceptors (Lipinski definition) is 6. The van der Waals surface area contributed by atoms with Gasteiger partial charge in [-0.05, 0) is 66.9 Å². The van der Waals surface area contributed by atoms with Gasteiger partial charge < -0.3 is 10.2 Å². The fourth-order valence-electron chi connectivity index (χ4n) is 7.08. The van der Waals surface area contributed by atoms with Crippen molar-refractivity contribution in [3.63, 3.8) is 0 Å². The highest BCUT2D eigenvalue weighted by atomic mass is 28.3. The van der Waals surface area contributed by atoms with Crippen LogP contribution in [0.15, 0.2) is 71.7 Å². The number of piperazine rings is 1. The minimum atomic E-state index is -2.01. The van der Waals surface area contributed by atoms with Crippen molar-refractivity contribution in [2.45, 2.75) is 78.1 Å². The molecule has 1 N–H and O–H groups in total. The maximum Gasteiger partial charge on any atom is 0.258 e. The van der Waals surface area contributed by atoms with Crippen molar-refractivity contribution in [2.75, 3.05) is 36.4 Å². The summed E-state index contributed by atoms with van der Waals surface area (Å²) in [5.74, 6) is 3.93. The SMILES string of the molecule is CC(C)N1CCN(c2ccc(Nc3ncc4c(C#C[Si](C(C)C)(C(C)C)C(C)C)cc(=O)n(-c5ccccc5)c4n3)cc2)CC1. The molecule has 8 heteroatoms. The zero-order valence-corrected chi connectivity index (χ0v) is 29.1. The van der Waals surface area contributed by atoms with Crippen LogP contribution < -0.4 is 15.8 Å². The number of nitrogens with zero attached hydrogens (tertiary/aromatic N) is 5. The Kier molecular flexibility index (Phi) is 9.81. The van der Waals surface area contributed by atoms with E-state index in [2.05, 4.69) is 106 Å². The van der Waals surface area contributed by atoms with Gasteiger partial charge in [0.25, 0.3) is 5.56 Å². The number of nitrogens with one attached hydrogen (secondary N) is 1. The highest BCUT2D eigenvalue weighted by molar-refractivity contribution is 6.90. The Balaban J connectivity index is 1.52. The van der Waals surface area contributed by atoms with Crippen molar-refractivity contribution in [2.24, 2.45) is 0 Å². The molecule has 1 saturated heterocycles. The first-order valence-electron chi connectivity index (χ1n) is 16.4. The highest BCUT2D eigenvalue weighted by Crippen LogP contribution is 2.41. The molecule has 1 aliphatic heterocycles. The molecule has 2 aromatic heterocycles. The zero-order chi connectivity index (χ0) is 32.3. The van der Waals surface area contributed by atoms with Crippen molar-refractivity contribution < 1.29 is 0 Å². The Bertz CT molecular complexity index is 1700. The lowest BCUT2D eigenvalue weighted by Crippen LogP contribution is -2.48. The van der Waals surface area contributed by atoms with Gasteiger partial charge in [0.15, 0.2) is 5.65 Å². The van der Waals surface area contributed by atoms with Crippen LogP contribution in [0.5, 0.6) is 0 Å². The normalized spacial score (nSPS) is 14.4. The standard InChI is InChI=1S/C37H48N6OSi/c1-26(2)41-19-21-42(22-20-41)32-16-14-31(15-17-32)39-37-38-25-34-30(18-23-45(27(3)4,28(5)6)29(7)8)24-35(44)43(36(34)40-37)33-12-10-9-11-13-33/h9-17,24-29H,19-22H2,1-8H3,(H,38,39,40). The van der Waals surface area contributed by atoms with Gasteiger partial charge in [-0.1, -0.05) is 65.7 Å². The van der Waals surface area contributed by atoms with E-state index in [1.54, 1.807) is 16.8 Å². The smallest absolute Gasteiger partial charge is 0.258 e. The Morgan fingerprint density at radius 1 is 0.800 bits per heavy atom. The molecular formula is C37H48N6OSi. The maximum atomic E-state index is 13.7. The van der Waals surface area contributed by atoms with Crippen molar-refractivity contribution in [1.29, 1.82) is 0 Å². The monoisotopic (exact) mass is 620 g/mol. The van der Waals surface area contributed by atoms with E-state index in [0.717, 1.165) is 42.9 Å². The summed E-state index contributed by atoms with van der Waals surface area (Å²) in [5.41, 5.74) is 9.20. The maximum absolute atomic E-state index is 13.7. The van der Waals surface area contributed by atoms with E-state index in [9.17, 15) is 4.79 Å². The van der Waals surface area contributed by atoms with Crippen LogP contribution in [0, 0.1) is 11.5 Å². The number of pyridine rings is 1. The molecule has 0 aliphatic carbocycles. The molecule has 1 fully saturated rings. The average molecular weight is 621 g/mol. The third kappa shape index (κ3) is 6.70. The van der Waals surface area contributed by atoms with Crippen LogP contribution in [0.4, 0.5) is 17.3 Å². The van der Waals surface area contributed by atoms with E-state index in [0.29, 0.717) is 39.8 Å². The van der Waals surface area contributed by atoms with Crippen molar-refractivity contribution in [1.82, 2.24) is 19.4 Å². The molecule has 0 spiro atoms. The lowest BCUT2D eigenvalue weighted by Gasteiger charge is -2.38. The van der Waals surface area contributed by atoms with Crippen molar-refractivity contribution in [3.05, 3.63) is 82.8 Å². The van der Waals surface area contributed by atoms with Gasteiger partial charge in [0.2, 0.25) is 5.95 Å². The molecular weight excluding hydrogens is 573 g/mol. The van der Waals surface area contributed by atoms with Gasteiger partial charge in [-0.15, -0.1) is 5.54 Å². The van der Waals surface area contributed by atoms with Gasteiger partial charge in [-0.2, -0.15) is 4.98 Å². The Morgan fingerprint density at radius 3 is 2.00 bits per heavy atom. The Morgan fingerprint density at radius 2 is 1.42 bits per heavy atom. The topological polar surface area (TPSA) is 66.3 Å². The highest BCUT2D eigenvalue weighted by Gasteiger charge is 2.41. The summed E-state index contributed by atoms with van der Waals surface area (Å²) in [7, 11) is -2.01. The van der Waals surface area contributed by atoms with E-state index < -0.39 is 8.07 Å². The molecule has 0 unspecified atom stereocenters. The van der Waals surface area contributed by atoms with Crippen LogP contribution in [0.1, 0.15) is 61.0 Å². The van der Waals surface area contributed by atoms with E-state index >= 15 is 0 Å². The zero-order valence-electron chi connectivity index (χ0n) is 28.1. The van der Waals surface area contributed by atoms with Crippen LogP contribution in [0.2, 0.25) is 16.6 Å². The van der Waals surface area contributed by atoms with Crippen LogP contribution >= 0.6 is 0 Å². The minimum Gasteiger partial charge on any atom is -0.369 e. The molecule has 45 heavy (non-hydrogen) atoms. The van der Waals surface area contributed by atoms with Crippen LogP contribution in [-0.2, 0) is 0 Å². The summed E-state index contributed by atoms with van der Waals surface area (Å²) in [4.78, 5) is 28.3. The number of aromatic nitrogens is 3. The summed E-state index contributed by atoms with van der Waals surface area (Å²) >= 11 is 0. The second-order valence-electron chi connectivity index (χ2n) is 13.4. The molecule has 0 saturated carbocycles. The predicted octanol–water partition coefficient (Wildman–Crippen LogP) is 7.62. The predicted molar refractivity (Wildman–Crippen MR) is 192 cm³/mol. The summed E-state index contributed by atoms with van der Waals surface area (Å²) in [6.07, 6.45) is 1.81. The number of fused-ring (bicyclic) bond motifs is 1. The Labute approximate surface area is 269 Å². The second kappa shape index (κ2) is 13.6. The molecule has 0 bridgehead atoms. The molecule has 4 aromatic rings. The van der Waals surface area contributed by atoms with Gasteiger partial charge in [0.05, 0.1) is 11.1 Å². The minimum absolute atomic E-state index is 0.157. The fraction of sp³-hybridized carbons (Fsp3) is 0.432. The Hall–Kier alpha value is -3.93. The van der Waals surface area contributed by atoms with Crippen LogP contribution in [0.3, 0.4) is 0 Å². The van der Waals surface area contributed by atoms with Gasteiger partial charge in [0, 0.05) is 61.4 Å². The molecule has 0 atom stereocenters. The number of hydrogen-bond donors (Lipinski definition) is 1. The van der Waals surface area contributed by atoms with Crippen LogP contribution in [-0.4, -0.2) is 59.7 Å². The first-order valence-corrected chi connectivity index (χ1v) is 18.6. The second-order valence-corrected chi connectivity index (χ2v) is 19.0. The van der Waals surface area contributed by atoms with Crippen molar-refractivity contribution >= 4 is 36.4 Å². The third-order valence-corrected chi connectivity index (χ3v) is 15.9. The first kappa shape index (κ1) is 32.5. The first-order chi connectivity index (χ1) is 21.5. The van der Waals surface area contributed by atoms with E-state index in [1.165, 1.54) is 5.69 Å². The quantitative estimate of drug-likeness (QED) is 0.161. The summed E-state index contributed by atoms with van der Waals surface area (Å²) < 4.78 is 1.66. The average Bonchev–Trinajstić information content (AvgIpc) is 3.01. The molecule has 0 radical (unpaired) electrons. The molecule has 3 heterocycles. The van der Waals surface area contributed by atoms with Gasteiger partial charge in [-0.3, -0.25) is 14.3 Å². The van der Waals surface area contributed by atoms with Crippen molar-refractivity contribution in [3.8, 4) is 17.2 Å². The molecule has 0 amide bonds. The molecule has 5 rings (SSSR count). The van der Waals surface area contributed by atoms with Gasteiger partial charge >= 0.3 is 0 Å². The summed E-state index contributed by atoms with van der Waals surface area (Å²) in [6, 6.07) is 20.3. The van der Waals surface area contributed by atoms with Crippen LogP contribution in [0.25, 0.3) is 16.7 Å². The molecule has 7 nitrogen and oxygen atoms in total. The fourth-order valence-corrected chi connectivity index (χ4v) is 12.3. The third-order valence-electron chi connectivity index (χ3n) is 9.59. The lowest BCUT2D eigenvalue weighted by atomic mass is 10.2. The number of anilines is 3. The van der Waals surface area contributed by atoms with Gasteiger partial charge in [0.1, 0.15) is 8.07 Å². The largest absolute Gasteiger partial charge is 0.369 e. The number of rotatable bonds is 8. The summed E-state index contributed by atoms with van der Waals surface area (Å²) in [5, 5.41) is 4.14. The molecule has 2 aromatic carbocycles. The van der Waals surface area contributed by atoms with E-state index in [1.807, 2.05) is 30.3 Å².